The number of alkyl halides is 6. The molecule has 0 bridgehead atoms. The van der Waals surface area contributed by atoms with Gasteiger partial charge in [0.05, 0.1) is 11.1 Å². The average Bonchev–Trinajstić information content (AvgIpc) is 3.08. The molecule has 3 aromatic rings. The van der Waals surface area contributed by atoms with Gasteiger partial charge in [-0.05, 0) is 35.9 Å². The molecule has 0 N–H and O–H groups in total. The summed E-state index contributed by atoms with van der Waals surface area (Å²) in [6.45, 7) is 0. The first kappa shape index (κ1) is 18.6. The Bertz CT molecular complexity index is 925. The van der Waals surface area contributed by atoms with Gasteiger partial charge < -0.3 is 0 Å². The second kappa shape index (κ2) is 6.86. The molecule has 27 heavy (non-hydrogen) atoms. The SMILES string of the molecule is FC(F)(F)c1cc(-c2ncn(C=Cc3cccnc3)n2)cc(C(F)(F)F)c1. The topological polar surface area (TPSA) is 43.6 Å². The van der Waals surface area contributed by atoms with Crippen LogP contribution in [0.4, 0.5) is 26.3 Å². The maximum absolute atomic E-state index is 12.9. The number of hydrogen-bond donors (Lipinski definition) is 0. The molecular formula is C17H10F6N4. The fourth-order valence-corrected chi connectivity index (χ4v) is 2.20. The van der Waals surface area contributed by atoms with Crippen molar-refractivity contribution >= 4 is 12.3 Å². The van der Waals surface area contributed by atoms with Gasteiger partial charge >= 0.3 is 12.4 Å². The van der Waals surface area contributed by atoms with Gasteiger partial charge in [0.1, 0.15) is 6.33 Å². The highest BCUT2D eigenvalue weighted by Gasteiger charge is 2.37. The minimum absolute atomic E-state index is 0.0583. The van der Waals surface area contributed by atoms with Gasteiger partial charge in [-0.3, -0.25) is 4.98 Å². The molecule has 2 aromatic heterocycles. The van der Waals surface area contributed by atoms with Crippen LogP contribution in [0.25, 0.3) is 23.7 Å². The minimum Gasteiger partial charge on any atom is -0.264 e. The van der Waals surface area contributed by atoms with Crippen molar-refractivity contribution in [2.75, 3.05) is 0 Å². The molecule has 0 atom stereocenters. The molecule has 0 radical (unpaired) electrons. The molecule has 0 unspecified atom stereocenters. The Morgan fingerprint density at radius 3 is 2.15 bits per heavy atom. The van der Waals surface area contributed by atoms with Crippen molar-refractivity contribution in [3.63, 3.8) is 0 Å². The third-order valence-corrected chi connectivity index (χ3v) is 3.46. The van der Waals surface area contributed by atoms with E-state index in [2.05, 4.69) is 15.1 Å². The van der Waals surface area contributed by atoms with E-state index < -0.39 is 23.5 Å². The molecule has 0 aliphatic rings. The number of rotatable bonds is 3. The lowest BCUT2D eigenvalue weighted by molar-refractivity contribution is -0.143. The van der Waals surface area contributed by atoms with Crippen molar-refractivity contribution < 1.29 is 26.3 Å². The fraction of sp³-hybridized carbons (Fsp3) is 0.118. The first-order valence-electron chi connectivity index (χ1n) is 7.42. The molecule has 10 heteroatoms. The maximum Gasteiger partial charge on any atom is 0.416 e. The van der Waals surface area contributed by atoms with E-state index in [1.54, 1.807) is 30.6 Å². The van der Waals surface area contributed by atoms with Crippen molar-refractivity contribution in [1.29, 1.82) is 0 Å². The van der Waals surface area contributed by atoms with Crippen LogP contribution in [0.3, 0.4) is 0 Å². The Labute approximate surface area is 148 Å². The van der Waals surface area contributed by atoms with Crippen LogP contribution in [0.1, 0.15) is 16.7 Å². The number of pyridine rings is 1. The van der Waals surface area contributed by atoms with E-state index in [9.17, 15) is 26.3 Å². The standard InChI is InChI=1S/C17H10F6N4/c18-16(19,20)13-6-12(7-14(8-13)17(21,22)23)15-25-10-27(26-15)5-3-11-2-1-4-24-9-11/h1-10H. The molecule has 0 saturated carbocycles. The molecule has 2 heterocycles. The molecule has 0 aliphatic carbocycles. The molecule has 0 aliphatic heterocycles. The Kier molecular flexibility index (Phi) is 4.73. The lowest BCUT2D eigenvalue weighted by atomic mass is 10.0. The minimum atomic E-state index is -4.93. The van der Waals surface area contributed by atoms with Crippen molar-refractivity contribution in [3.8, 4) is 11.4 Å². The summed E-state index contributed by atoms with van der Waals surface area (Å²) >= 11 is 0. The quantitative estimate of drug-likeness (QED) is 0.597. The van der Waals surface area contributed by atoms with Crippen LogP contribution in [-0.2, 0) is 12.4 Å². The van der Waals surface area contributed by atoms with E-state index in [1.807, 2.05) is 0 Å². The summed E-state index contributed by atoms with van der Waals surface area (Å²) in [5.41, 5.74) is -2.50. The van der Waals surface area contributed by atoms with Gasteiger partial charge in [0, 0.05) is 24.2 Å². The molecule has 4 nitrogen and oxygen atoms in total. The highest BCUT2D eigenvalue weighted by Crippen LogP contribution is 2.38. The molecular weight excluding hydrogens is 374 g/mol. The largest absolute Gasteiger partial charge is 0.416 e. The van der Waals surface area contributed by atoms with E-state index in [4.69, 9.17) is 0 Å². The van der Waals surface area contributed by atoms with Crippen molar-refractivity contribution in [2.24, 2.45) is 0 Å². The Morgan fingerprint density at radius 1 is 0.926 bits per heavy atom. The zero-order valence-corrected chi connectivity index (χ0v) is 13.3. The predicted octanol–water partition coefficient (Wildman–Crippen LogP) is 5.01. The van der Waals surface area contributed by atoms with Gasteiger partial charge in [-0.25, -0.2) is 9.67 Å². The van der Waals surface area contributed by atoms with Gasteiger partial charge in [0.25, 0.3) is 0 Å². The molecule has 0 amide bonds. The first-order valence-corrected chi connectivity index (χ1v) is 7.42. The second-order valence-corrected chi connectivity index (χ2v) is 5.44. The summed E-state index contributed by atoms with van der Waals surface area (Å²) in [5, 5.41) is 3.91. The average molecular weight is 384 g/mol. The van der Waals surface area contributed by atoms with Gasteiger partial charge in [0.15, 0.2) is 5.82 Å². The Balaban J connectivity index is 1.97. The molecule has 0 saturated heterocycles. The predicted molar refractivity (Wildman–Crippen MR) is 84.9 cm³/mol. The van der Waals surface area contributed by atoms with E-state index in [0.29, 0.717) is 12.1 Å². The molecule has 0 fully saturated rings. The smallest absolute Gasteiger partial charge is 0.264 e. The summed E-state index contributed by atoms with van der Waals surface area (Å²) < 4.78 is 78.8. The summed E-state index contributed by atoms with van der Waals surface area (Å²) in [7, 11) is 0. The molecule has 140 valence electrons. The van der Waals surface area contributed by atoms with Crippen LogP contribution in [0, 0.1) is 0 Å². The first-order chi connectivity index (χ1) is 12.6. The van der Waals surface area contributed by atoms with Crippen LogP contribution in [0.15, 0.2) is 49.1 Å². The normalized spacial score (nSPS) is 12.7. The number of hydrogen-bond acceptors (Lipinski definition) is 3. The van der Waals surface area contributed by atoms with Gasteiger partial charge in [-0.1, -0.05) is 6.07 Å². The highest BCUT2D eigenvalue weighted by atomic mass is 19.4. The van der Waals surface area contributed by atoms with Crippen LogP contribution in [-0.4, -0.2) is 19.7 Å². The zero-order valence-electron chi connectivity index (χ0n) is 13.3. The molecule has 0 spiro atoms. The third-order valence-electron chi connectivity index (χ3n) is 3.46. The number of aromatic nitrogens is 4. The maximum atomic E-state index is 12.9. The summed E-state index contributed by atoms with van der Waals surface area (Å²) in [6, 6.07) is 4.68. The van der Waals surface area contributed by atoms with Crippen molar-refractivity contribution in [2.45, 2.75) is 12.4 Å². The van der Waals surface area contributed by atoms with Crippen LogP contribution in [0.2, 0.25) is 0 Å². The highest BCUT2D eigenvalue weighted by molar-refractivity contribution is 5.61. The zero-order chi connectivity index (χ0) is 19.7. The number of benzene rings is 1. The van der Waals surface area contributed by atoms with E-state index in [1.165, 1.54) is 17.2 Å². The second-order valence-electron chi connectivity index (χ2n) is 5.44. The summed E-state index contributed by atoms with van der Waals surface area (Å²) in [5.74, 6) is -0.262. The summed E-state index contributed by atoms with van der Waals surface area (Å²) in [4.78, 5) is 7.70. The van der Waals surface area contributed by atoms with Crippen molar-refractivity contribution in [1.82, 2.24) is 19.7 Å². The Morgan fingerprint density at radius 2 is 1.59 bits per heavy atom. The third kappa shape index (κ3) is 4.52. The lowest BCUT2D eigenvalue weighted by Gasteiger charge is -2.13. The van der Waals surface area contributed by atoms with Gasteiger partial charge in [-0.15, -0.1) is 5.10 Å². The molecule has 3 rings (SSSR count). The van der Waals surface area contributed by atoms with Crippen molar-refractivity contribution in [3.05, 3.63) is 65.7 Å². The van der Waals surface area contributed by atoms with E-state index in [-0.39, 0.29) is 17.5 Å². The Hall–Kier alpha value is -3.17. The van der Waals surface area contributed by atoms with Gasteiger partial charge in [-0.2, -0.15) is 26.3 Å². The number of halogens is 6. The van der Waals surface area contributed by atoms with Crippen LogP contribution >= 0.6 is 0 Å². The van der Waals surface area contributed by atoms with Crippen LogP contribution < -0.4 is 0 Å². The van der Waals surface area contributed by atoms with Crippen LogP contribution in [0.5, 0.6) is 0 Å². The van der Waals surface area contributed by atoms with Gasteiger partial charge in [0.2, 0.25) is 0 Å². The summed E-state index contributed by atoms with van der Waals surface area (Å²) in [6.07, 6.45) is -2.48. The lowest BCUT2D eigenvalue weighted by Crippen LogP contribution is -2.11. The number of nitrogens with zero attached hydrogens (tertiary/aromatic N) is 4. The monoisotopic (exact) mass is 384 g/mol. The molecule has 1 aromatic carbocycles. The van der Waals surface area contributed by atoms with E-state index >= 15 is 0 Å². The fourth-order valence-electron chi connectivity index (χ4n) is 2.20. The van der Waals surface area contributed by atoms with E-state index in [0.717, 1.165) is 5.56 Å².